The molecule has 3 rings (SSSR count). The Kier molecular flexibility index (Phi) is 4.84. The highest BCUT2D eigenvalue weighted by atomic mass is 16.5. The molecule has 1 aromatic carbocycles. The van der Waals surface area contributed by atoms with E-state index in [2.05, 4.69) is 4.90 Å². The van der Waals surface area contributed by atoms with Gasteiger partial charge in [0.2, 0.25) is 5.91 Å². The maximum atomic E-state index is 11.0. The molecule has 0 spiro atoms. The molecule has 3 N–H and O–H groups in total. The molecule has 2 heterocycles. The van der Waals surface area contributed by atoms with Crippen molar-refractivity contribution in [1.82, 2.24) is 4.90 Å². The van der Waals surface area contributed by atoms with Gasteiger partial charge in [0.05, 0.1) is 26.4 Å². The lowest BCUT2D eigenvalue weighted by Gasteiger charge is -2.24. The van der Waals surface area contributed by atoms with Crippen LogP contribution in [0.25, 0.3) is 0 Å². The molecule has 0 bridgehead atoms. The van der Waals surface area contributed by atoms with Gasteiger partial charge in [-0.3, -0.25) is 4.79 Å². The van der Waals surface area contributed by atoms with E-state index in [9.17, 15) is 9.90 Å². The standard InChI is InChI=1S/C17H24N2O4/c18-16(21)13-2-4-15(5-3-13)23-7-1-6-19-8-14-9-22-12-17(14,10-19)11-20/h2-5,14,20H,1,6-12H2,(H2,18,21)/t14-,17-/m0/s1. The SMILES string of the molecule is NC(=O)c1ccc(OCCCN2C[C@H]3COC[C@@]3(CO)C2)cc1. The molecule has 0 aromatic heterocycles. The van der Waals surface area contributed by atoms with Gasteiger partial charge in [0, 0.05) is 36.5 Å². The number of nitrogens with two attached hydrogens (primary N) is 1. The number of aliphatic hydroxyl groups is 1. The lowest BCUT2D eigenvalue weighted by atomic mass is 9.82. The van der Waals surface area contributed by atoms with Gasteiger partial charge in [0.15, 0.2) is 0 Å². The summed E-state index contributed by atoms with van der Waals surface area (Å²) in [6, 6.07) is 6.87. The van der Waals surface area contributed by atoms with Crippen LogP contribution in [-0.2, 0) is 4.74 Å². The van der Waals surface area contributed by atoms with Gasteiger partial charge < -0.3 is 25.2 Å². The summed E-state index contributed by atoms with van der Waals surface area (Å²) in [4.78, 5) is 13.4. The molecule has 0 radical (unpaired) electrons. The van der Waals surface area contributed by atoms with Crippen molar-refractivity contribution in [3.05, 3.63) is 29.8 Å². The number of ether oxygens (including phenoxy) is 2. The minimum Gasteiger partial charge on any atom is -0.494 e. The average Bonchev–Trinajstić information content (AvgIpc) is 3.09. The molecule has 2 aliphatic rings. The van der Waals surface area contributed by atoms with Crippen LogP contribution in [0, 0.1) is 11.3 Å². The summed E-state index contributed by atoms with van der Waals surface area (Å²) in [5.41, 5.74) is 5.64. The lowest BCUT2D eigenvalue weighted by Crippen LogP contribution is -2.34. The molecule has 0 saturated carbocycles. The van der Waals surface area contributed by atoms with Crippen LogP contribution in [-0.4, -0.2) is 62.0 Å². The fourth-order valence-corrected chi connectivity index (χ4v) is 3.53. The molecule has 1 amide bonds. The number of nitrogens with zero attached hydrogens (tertiary/aromatic N) is 1. The number of carbonyl (C=O) groups is 1. The maximum absolute atomic E-state index is 11.0. The molecule has 2 atom stereocenters. The first kappa shape index (κ1) is 16.2. The van der Waals surface area contributed by atoms with Crippen molar-refractivity contribution in [3.8, 4) is 5.75 Å². The Hall–Kier alpha value is -1.63. The summed E-state index contributed by atoms with van der Waals surface area (Å²) in [7, 11) is 0. The number of primary amides is 1. The minimum atomic E-state index is -0.432. The third kappa shape index (κ3) is 3.49. The topological polar surface area (TPSA) is 85.0 Å². The number of hydrogen-bond donors (Lipinski definition) is 2. The molecule has 0 aliphatic carbocycles. The van der Waals surface area contributed by atoms with Gasteiger partial charge in [0.25, 0.3) is 0 Å². The fourth-order valence-electron chi connectivity index (χ4n) is 3.53. The van der Waals surface area contributed by atoms with E-state index in [4.69, 9.17) is 15.2 Å². The van der Waals surface area contributed by atoms with Gasteiger partial charge in [-0.25, -0.2) is 0 Å². The van der Waals surface area contributed by atoms with Crippen LogP contribution in [0.2, 0.25) is 0 Å². The summed E-state index contributed by atoms with van der Waals surface area (Å²) in [5, 5.41) is 9.66. The van der Waals surface area contributed by atoms with E-state index < -0.39 is 5.91 Å². The van der Waals surface area contributed by atoms with E-state index in [1.807, 2.05) is 0 Å². The monoisotopic (exact) mass is 320 g/mol. The summed E-state index contributed by atoms with van der Waals surface area (Å²) in [6.07, 6.45) is 0.923. The van der Waals surface area contributed by atoms with Crippen LogP contribution in [0.15, 0.2) is 24.3 Å². The Morgan fingerprint density at radius 3 is 2.87 bits per heavy atom. The van der Waals surface area contributed by atoms with Gasteiger partial charge in [-0.1, -0.05) is 0 Å². The van der Waals surface area contributed by atoms with E-state index in [1.165, 1.54) is 0 Å². The number of rotatable bonds is 7. The van der Waals surface area contributed by atoms with Crippen LogP contribution < -0.4 is 10.5 Å². The van der Waals surface area contributed by atoms with Crippen LogP contribution in [0.5, 0.6) is 5.75 Å². The van der Waals surface area contributed by atoms with Crippen LogP contribution >= 0.6 is 0 Å². The van der Waals surface area contributed by atoms with E-state index in [1.54, 1.807) is 24.3 Å². The maximum Gasteiger partial charge on any atom is 0.248 e. The Morgan fingerprint density at radius 2 is 2.22 bits per heavy atom. The predicted octanol–water partition coefficient (Wildman–Crippen LogP) is 0.495. The Labute approximate surface area is 136 Å². The molecule has 2 saturated heterocycles. The van der Waals surface area contributed by atoms with Crippen molar-refractivity contribution >= 4 is 5.91 Å². The summed E-state index contributed by atoms with van der Waals surface area (Å²) in [6.45, 7) is 5.12. The molecule has 0 unspecified atom stereocenters. The van der Waals surface area contributed by atoms with Crippen molar-refractivity contribution in [3.63, 3.8) is 0 Å². The van der Waals surface area contributed by atoms with Gasteiger partial charge in [-0.2, -0.15) is 0 Å². The van der Waals surface area contributed by atoms with Crippen LogP contribution in [0.4, 0.5) is 0 Å². The van der Waals surface area contributed by atoms with E-state index in [0.29, 0.717) is 24.7 Å². The Balaban J connectivity index is 1.40. The van der Waals surface area contributed by atoms with Crippen molar-refractivity contribution in [2.24, 2.45) is 17.1 Å². The number of benzene rings is 1. The van der Waals surface area contributed by atoms with Crippen molar-refractivity contribution in [2.45, 2.75) is 6.42 Å². The highest BCUT2D eigenvalue weighted by molar-refractivity contribution is 5.92. The second-order valence-corrected chi connectivity index (χ2v) is 6.56. The normalized spacial score (nSPS) is 27.1. The van der Waals surface area contributed by atoms with Crippen LogP contribution in [0.3, 0.4) is 0 Å². The summed E-state index contributed by atoms with van der Waals surface area (Å²) in [5.74, 6) is 0.765. The number of amides is 1. The van der Waals surface area contributed by atoms with Gasteiger partial charge >= 0.3 is 0 Å². The molecule has 6 nitrogen and oxygen atoms in total. The molecule has 126 valence electrons. The largest absolute Gasteiger partial charge is 0.494 e. The zero-order chi connectivity index (χ0) is 16.3. The Morgan fingerprint density at radius 1 is 1.43 bits per heavy atom. The Bertz CT molecular complexity index is 548. The third-order valence-corrected chi connectivity index (χ3v) is 4.93. The number of hydrogen-bond acceptors (Lipinski definition) is 5. The molecular weight excluding hydrogens is 296 g/mol. The first-order valence-corrected chi connectivity index (χ1v) is 8.07. The first-order chi connectivity index (χ1) is 11.1. The summed E-state index contributed by atoms with van der Waals surface area (Å²) < 4.78 is 11.2. The summed E-state index contributed by atoms with van der Waals surface area (Å²) >= 11 is 0. The van der Waals surface area contributed by atoms with Gasteiger partial charge in [-0.05, 0) is 30.7 Å². The highest BCUT2D eigenvalue weighted by Gasteiger charge is 2.49. The average molecular weight is 320 g/mol. The lowest BCUT2D eigenvalue weighted by molar-refractivity contribution is 0.0805. The number of aliphatic hydroxyl groups excluding tert-OH is 1. The van der Waals surface area contributed by atoms with Crippen molar-refractivity contribution in [1.29, 1.82) is 0 Å². The fraction of sp³-hybridized carbons (Fsp3) is 0.588. The number of likely N-dealkylation sites (tertiary alicyclic amines) is 1. The number of carbonyl (C=O) groups excluding carboxylic acids is 1. The smallest absolute Gasteiger partial charge is 0.248 e. The van der Waals surface area contributed by atoms with E-state index in [-0.39, 0.29) is 12.0 Å². The molecule has 2 fully saturated rings. The molecule has 1 aromatic rings. The molecule has 6 heteroatoms. The second-order valence-electron chi connectivity index (χ2n) is 6.56. The van der Waals surface area contributed by atoms with Gasteiger partial charge in [0.1, 0.15) is 5.75 Å². The zero-order valence-corrected chi connectivity index (χ0v) is 13.2. The second kappa shape index (κ2) is 6.86. The first-order valence-electron chi connectivity index (χ1n) is 8.07. The van der Waals surface area contributed by atoms with Gasteiger partial charge in [-0.15, -0.1) is 0 Å². The van der Waals surface area contributed by atoms with E-state index >= 15 is 0 Å². The quantitative estimate of drug-likeness (QED) is 0.715. The zero-order valence-electron chi connectivity index (χ0n) is 13.2. The van der Waals surface area contributed by atoms with E-state index in [0.717, 1.165) is 38.4 Å². The van der Waals surface area contributed by atoms with Crippen molar-refractivity contribution in [2.75, 3.05) is 46.1 Å². The molecular formula is C17H24N2O4. The number of fused-ring (bicyclic) bond motifs is 1. The minimum absolute atomic E-state index is 0.0501. The molecule has 23 heavy (non-hydrogen) atoms. The molecule has 2 aliphatic heterocycles. The van der Waals surface area contributed by atoms with Crippen molar-refractivity contribution < 1.29 is 19.4 Å². The third-order valence-electron chi connectivity index (χ3n) is 4.93. The predicted molar refractivity (Wildman–Crippen MR) is 85.3 cm³/mol. The van der Waals surface area contributed by atoms with Crippen LogP contribution in [0.1, 0.15) is 16.8 Å². The highest BCUT2D eigenvalue weighted by Crippen LogP contribution is 2.40.